The zero-order valence-electron chi connectivity index (χ0n) is 20.9. The van der Waals surface area contributed by atoms with Crippen molar-refractivity contribution in [2.45, 2.75) is 51.9 Å². The number of benzene rings is 2. The smallest absolute Gasteiger partial charge is 0.132 e. The third-order valence-corrected chi connectivity index (χ3v) is 7.07. The van der Waals surface area contributed by atoms with Gasteiger partial charge in [0, 0.05) is 36.6 Å². The first-order valence-electron chi connectivity index (χ1n) is 12.1. The monoisotopic (exact) mass is 460 g/mol. The minimum Gasteiger partial charge on any atom is -0.497 e. The van der Waals surface area contributed by atoms with E-state index in [0.29, 0.717) is 13.2 Å². The maximum atomic E-state index is 14.1. The zero-order chi connectivity index (χ0) is 23.8. The second kappa shape index (κ2) is 12.4. The van der Waals surface area contributed by atoms with Crippen molar-refractivity contribution in [3.05, 3.63) is 58.9 Å². The summed E-state index contributed by atoms with van der Waals surface area (Å²) in [6.07, 6.45) is 3.77. The molecule has 1 saturated carbocycles. The molecular formula is C27H41FN2O3+2. The first kappa shape index (κ1) is 25.5. The van der Waals surface area contributed by atoms with Gasteiger partial charge in [0.2, 0.25) is 0 Å². The first-order chi connectivity index (χ1) is 16.0. The van der Waals surface area contributed by atoms with Crippen molar-refractivity contribution in [1.82, 2.24) is 0 Å². The molecule has 0 aromatic heterocycles. The van der Waals surface area contributed by atoms with E-state index >= 15 is 0 Å². The van der Waals surface area contributed by atoms with Gasteiger partial charge in [0.05, 0.1) is 47.0 Å². The van der Waals surface area contributed by atoms with Gasteiger partial charge in [0.1, 0.15) is 30.4 Å². The van der Waals surface area contributed by atoms with Crippen LogP contribution in [0.5, 0.6) is 11.5 Å². The van der Waals surface area contributed by atoms with Crippen molar-refractivity contribution in [2.24, 2.45) is 5.92 Å². The summed E-state index contributed by atoms with van der Waals surface area (Å²) in [7, 11) is 7.20. The summed E-state index contributed by atoms with van der Waals surface area (Å²) in [6.45, 7) is 6.77. The Labute approximate surface area is 198 Å². The molecule has 0 radical (unpaired) electrons. The molecule has 2 unspecified atom stereocenters. The van der Waals surface area contributed by atoms with Crippen molar-refractivity contribution in [2.75, 3.05) is 41.5 Å². The summed E-state index contributed by atoms with van der Waals surface area (Å²) in [5.41, 5.74) is 3.18. The minimum atomic E-state index is -0.145. The molecule has 0 saturated heterocycles. The third-order valence-electron chi connectivity index (χ3n) is 7.07. The quantitative estimate of drug-likeness (QED) is 0.482. The van der Waals surface area contributed by atoms with E-state index in [4.69, 9.17) is 14.2 Å². The van der Waals surface area contributed by atoms with E-state index in [2.05, 4.69) is 32.2 Å². The molecule has 6 heteroatoms. The van der Waals surface area contributed by atoms with Gasteiger partial charge in [-0.2, -0.15) is 0 Å². The highest BCUT2D eigenvalue weighted by Gasteiger charge is 2.36. The molecule has 5 nitrogen and oxygen atoms in total. The van der Waals surface area contributed by atoms with E-state index in [1.54, 1.807) is 32.3 Å². The molecule has 33 heavy (non-hydrogen) atoms. The molecule has 2 aromatic rings. The fourth-order valence-electron chi connectivity index (χ4n) is 5.01. The summed E-state index contributed by atoms with van der Waals surface area (Å²) in [4.78, 5) is 2.99. The largest absolute Gasteiger partial charge is 0.497 e. The van der Waals surface area contributed by atoms with Crippen LogP contribution in [-0.4, -0.2) is 47.5 Å². The van der Waals surface area contributed by atoms with Crippen molar-refractivity contribution >= 4 is 0 Å². The molecule has 0 aliphatic heterocycles. The second-order valence-corrected chi connectivity index (χ2v) is 9.43. The first-order valence-corrected chi connectivity index (χ1v) is 12.1. The van der Waals surface area contributed by atoms with Crippen LogP contribution in [0.15, 0.2) is 36.4 Å². The van der Waals surface area contributed by atoms with E-state index in [0.717, 1.165) is 54.2 Å². The Morgan fingerprint density at radius 1 is 0.970 bits per heavy atom. The highest BCUT2D eigenvalue weighted by atomic mass is 19.1. The van der Waals surface area contributed by atoms with Crippen molar-refractivity contribution in [3.8, 4) is 11.5 Å². The Morgan fingerprint density at radius 2 is 1.76 bits per heavy atom. The van der Waals surface area contributed by atoms with E-state index in [1.807, 2.05) is 6.07 Å². The molecule has 182 valence electrons. The van der Waals surface area contributed by atoms with Gasteiger partial charge in [-0.1, -0.05) is 0 Å². The average molecular weight is 461 g/mol. The maximum Gasteiger partial charge on any atom is 0.132 e. The van der Waals surface area contributed by atoms with E-state index < -0.39 is 0 Å². The summed E-state index contributed by atoms with van der Waals surface area (Å²) < 4.78 is 30.2. The highest BCUT2D eigenvalue weighted by molar-refractivity contribution is 5.36. The second-order valence-electron chi connectivity index (χ2n) is 9.43. The van der Waals surface area contributed by atoms with Crippen LogP contribution >= 0.6 is 0 Å². The van der Waals surface area contributed by atoms with Gasteiger partial charge in [0.25, 0.3) is 0 Å². The van der Waals surface area contributed by atoms with Crippen LogP contribution in [0.25, 0.3) is 0 Å². The molecule has 0 amide bonds. The predicted molar refractivity (Wildman–Crippen MR) is 128 cm³/mol. The number of hydrogen-bond acceptors (Lipinski definition) is 3. The van der Waals surface area contributed by atoms with Crippen LogP contribution in [0, 0.1) is 11.7 Å². The Bertz CT molecular complexity index is 886. The normalized spacial score (nSPS) is 19.6. The standard InChI is InChI=1S/C27H39FN2O3/c1-6-30(17-21-7-10-27(33-5)23(13-21)19-31-3)24-14-20(15-24)11-12-29(2)18-22-16-25(32-4)8-9-26(22)28/h7-10,13,16,20,24H,6,11-12,14-15,17-19H2,1-5H3/p+2. The Hall–Kier alpha value is -2.15. The summed E-state index contributed by atoms with van der Waals surface area (Å²) in [5.74, 6) is 2.24. The summed E-state index contributed by atoms with van der Waals surface area (Å²) >= 11 is 0. The average Bonchev–Trinajstić information content (AvgIpc) is 2.79. The molecule has 1 aliphatic rings. The molecule has 2 aromatic carbocycles. The van der Waals surface area contributed by atoms with E-state index in [9.17, 15) is 4.39 Å². The van der Waals surface area contributed by atoms with Crippen molar-refractivity contribution in [3.63, 3.8) is 0 Å². The lowest BCUT2D eigenvalue weighted by Gasteiger charge is -2.40. The molecule has 0 bridgehead atoms. The van der Waals surface area contributed by atoms with Gasteiger partial charge in [-0.25, -0.2) is 4.39 Å². The van der Waals surface area contributed by atoms with Gasteiger partial charge in [-0.15, -0.1) is 0 Å². The third kappa shape index (κ3) is 6.92. The zero-order valence-corrected chi connectivity index (χ0v) is 20.9. The Kier molecular flexibility index (Phi) is 9.53. The number of hydrogen-bond donors (Lipinski definition) is 2. The molecule has 1 fully saturated rings. The number of methoxy groups -OCH3 is 3. The lowest BCUT2D eigenvalue weighted by molar-refractivity contribution is -0.944. The molecule has 0 spiro atoms. The summed E-state index contributed by atoms with van der Waals surface area (Å²) in [5, 5.41) is 0. The van der Waals surface area contributed by atoms with E-state index in [-0.39, 0.29) is 5.82 Å². The highest BCUT2D eigenvalue weighted by Crippen LogP contribution is 2.28. The molecule has 1 aliphatic carbocycles. The molecule has 0 heterocycles. The molecule has 2 N–H and O–H groups in total. The van der Waals surface area contributed by atoms with Crippen LogP contribution < -0.4 is 19.3 Å². The van der Waals surface area contributed by atoms with Gasteiger partial charge in [-0.05, 0) is 55.7 Å². The fourth-order valence-corrected chi connectivity index (χ4v) is 5.01. The molecular weight excluding hydrogens is 419 g/mol. The topological polar surface area (TPSA) is 36.6 Å². The van der Waals surface area contributed by atoms with Crippen LogP contribution in [-0.2, 0) is 24.4 Å². The SMILES string of the molecule is CC[NH+](Cc1ccc(OC)c(COC)c1)C1CC(CC[NH+](C)Cc2cc(OC)ccc2F)C1. The molecule has 3 rings (SSSR count). The van der Waals surface area contributed by atoms with Crippen LogP contribution in [0.3, 0.4) is 0 Å². The van der Waals surface area contributed by atoms with Gasteiger partial charge < -0.3 is 24.0 Å². The van der Waals surface area contributed by atoms with Crippen molar-refractivity contribution in [1.29, 1.82) is 0 Å². The number of rotatable bonds is 13. The number of nitrogens with one attached hydrogen (secondary N) is 2. The maximum absolute atomic E-state index is 14.1. The summed E-state index contributed by atoms with van der Waals surface area (Å²) in [6, 6.07) is 12.2. The van der Waals surface area contributed by atoms with Crippen LogP contribution in [0.1, 0.15) is 42.9 Å². The minimum absolute atomic E-state index is 0.145. The Balaban J connectivity index is 1.45. The van der Waals surface area contributed by atoms with Gasteiger partial charge in [0.15, 0.2) is 0 Å². The molecule has 2 atom stereocenters. The van der Waals surface area contributed by atoms with E-state index in [1.165, 1.54) is 35.8 Å². The Morgan fingerprint density at radius 3 is 2.42 bits per heavy atom. The lowest BCUT2D eigenvalue weighted by Crippen LogP contribution is -3.15. The fraction of sp³-hybridized carbons (Fsp3) is 0.556. The number of quaternary nitrogens is 2. The number of halogens is 1. The number of ether oxygens (including phenoxy) is 3. The van der Waals surface area contributed by atoms with Crippen molar-refractivity contribution < 1.29 is 28.4 Å². The predicted octanol–water partition coefficient (Wildman–Crippen LogP) is 2.28. The van der Waals surface area contributed by atoms with Crippen LogP contribution in [0.4, 0.5) is 4.39 Å². The van der Waals surface area contributed by atoms with Crippen LogP contribution in [0.2, 0.25) is 0 Å². The lowest BCUT2D eigenvalue weighted by atomic mass is 9.77. The van der Waals surface area contributed by atoms with Gasteiger partial charge >= 0.3 is 0 Å². The van der Waals surface area contributed by atoms with Gasteiger partial charge in [-0.3, -0.25) is 0 Å².